The Bertz CT molecular complexity index is 1640. The van der Waals surface area contributed by atoms with Crippen LogP contribution in [0.1, 0.15) is 53.0 Å². The molecule has 39 heavy (non-hydrogen) atoms. The Morgan fingerprint density at radius 2 is 1.59 bits per heavy atom. The van der Waals surface area contributed by atoms with Crippen molar-refractivity contribution in [2.24, 2.45) is 0 Å². The van der Waals surface area contributed by atoms with Crippen LogP contribution in [0.25, 0.3) is 10.9 Å². The average molecular weight is 529 g/mol. The predicted molar refractivity (Wildman–Crippen MR) is 146 cm³/mol. The Morgan fingerprint density at radius 3 is 2.26 bits per heavy atom. The maximum absolute atomic E-state index is 13.7. The number of rotatable bonds is 9. The van der Waals surface area contributed by atoms with Gasteiger partial charge in [-0.3, -0.25) is 9.69 Å². The van der Waals surface area contributed by atoms with Gasteiger partial charge in [0.25, 0.3) is 5.56 Å². The number of hydrogen-bond acceptors (Lipinski definition) is 5. The molecule has 0 saturated carbocycles. The van der Waals surface area contributed by atoms with Crippen molar-refractivity contribution in [3.05, 3.63) is 122 Å². The molecule has 0 spiro atoms. The average Bonchev–Trinajstić information content (AvgIpc) is 3.35. The highest BCUT2D eigenvalue weighted by molar-refractivity contribution is 5.82. The van der Waals surface area contributed by atoms with Gasteiger partial charge in [-0.15, -0.1) is 5.10 Å². The lowest BCUT2D eigenvalue weighted by Crippen LogP contribution is -2.32. The molecule has 1 N–H and O–H groups in total. The standard InChI is InChI=1S/C30H30F2N6O/c1-4-27(29-34-35-36-38(29)17-22-7-11-26(32)12-8-22)37(16-21-5-9-25(31)10-6-21)18-24-15-23-14-19(2)13-20(3)28(23)33-30(24)39/h5-15,27H,4,16-18H2,1-3H3,(H,33,39)/t27-/m0/s1. The number of H-pyrrole nitrogens is 1. The topological polar surface area (TPSA) is 79.7 Å². The third-order valence-electron chi connectivity index (χ3n) is 6.97. The van der Waals surface area contributed by atoms with E-state index < -0.39 is 0 Å². The molecule has 7 nitrogen and oxygen atoms in total. The quantitative estimate of drug-likeness (QED) is 0.269. The number of pyridine rings is 1. The van der Waals surface area contributed by atoms with E-state index in [4.69, 9.17) is 0 Å². The summed E-state index contributed by atoms with van der Waals surface area (Å²) < 4.78 is 28.8. The lowest BCUT2D eigenvalue weighted by Gasteiger charge is -2.30. The van der Waals surface area contributed by atoms with E-state index in [1.807, 2.05) is 32.9 Å². The van der Waals surface area contributed by atoms with Gasteiger partial charge in [0.2, 0.25) is 0 Å². The fourth-order valence-corrected chi connectivity index (χ4v) is 5.10. The number of benzene rings is 3. The molecule has 0 amide bonds. The lowest BCUT2D eigenvalue weighted by atomic mass is 10.0. The lowest BCUT2D eigenvalue weighted by molar-refractivity contribution is 0.161. The first kappa shape index (κ1) is 26.4. The van der Waals surface area contributed by atoms with Gasteiger partial charge in [0.1, 0.15) is 11.6 Å². The molecule has 5 aromatic rings. The summed E-state index contributed by atoms with van der Waals surface area (Å²) in [5, 5.41) is 13.5. The van der Waals surface area contributed by atoms with Gasteiger partial charge in [0, 0.05) is 18.7 Å². The van der Waals surface area contributed by atoms with Crippen LogP contribution < -0.4 is 5.56 Å². The van der Waals surface area contributed by atoms with E-state index in [-0.39, 0.29) is 23.2 Å². The summed E-state index contributed by atoms with van der Waals surface area (Å²) in [5.41, 5.74) is 5.19. The minimum Gasteiger partial charge on any atom is -0.321 e. The van der Waals surface area contributed by atoms with Crippen molar-refractivity contribution in [2.45, 2.75) is 52.9 Å². The first-order valence-corrected chi connectivity index (χ1v) is 12.9. The minimum absolute atomic E-state index is 0.153. The van der Waals surface area contributed by atoms with Gasteiger partial charge < -0.3 is 4.98 Å². The molecule has 1 atom stereocenters. The maximum Gasteiger partial charge on any atom is 0.252 e. The monoisotopic (exact) mass is 528 g/mol. The second kappa shape index (κ2) is 11.2. The van der Waals surface area contributed by atoms with E-state index in [0.717, 1.165) is 33.2 Å². The third-order valence-corrected chi connectivity index (χ3v) is 6.97. The van der Waals surface area contributed by atoms with Crippen molar-refractivity contribution in [1.29, 1.82) is 0 Å². The Labute approximate surface area is 225 Å². The smallest absolute Gasteiger partial charge is 0.252 e. The Balaban J connectivity index is 1.53. The number of fused-ring (bicyclic) bond motifs is 1. The Morgan fingerprint density at radius 1 is 0.923 bits per heavy atom. The summed E-state index contributed by atoms with van der Waals surface area (Å²) in [4.78, 5) is 18.4. The van der Waals surface area contributed by atoms with Crippen LogP contribution in [0, 0.1) is 25.5 Å². The predicted octanol–water partition coefficient (Wildman–Crippen LogP) is 5.61. The maximum atomic E-state index is 13.7. The number of hydrogen-bond donors (Lipinski definition) is 1. The van der Waals surface area contributed by atoms with E-state index in [9.17, 15) is 13.6 Å². The van der Waals surface area contributed by atoms with Crippen LogP contribution in [0.2, 0.25) is 0 Å². The zero-order valence-electron chi connectivity index (χ0n) is 22.2. The molecular formula is C30H30F2N6O. The molecule has 0 aliphatic carbocycles. The first-order chi connectivity index (χ1) is 18.8. The summed E-state index contributed by atoms with van der Waals surface area (Å²) >= 11 is 0. The molecule has 2 heterocycles. The van der Waals surface area contributed by atoms with E-state index >= 15 is 0 Å². The van der Waals surface area contributed by atoms with E-state index in [1.165, 1.54) is 24.3 Å². The van der Waals surface area contributed by atoms with Gasteiger partial charge in [-0.05, 0) is 89.2 Å². The summed E-state index contributed by atoms with van der Waals surface area (Å²) in [5.74, 6) is 0.0173. The first-order valence-electron chi connectivity index (χ1n) is 12.9. The van der Waals surface area contributed by atoms with Crippen LogP contribution in [0.5, 0.6) is 0 Å². The molecule has 0 aliphatic heterocycles. The summed E-state index contributed by atoms with van der Waals surface area (Å²) in [7, 11) is 0. The molecule has 0 fully saturated rings. The fourth-order valence-electron chi connectivity index (χ4n) is 5.10. The molecular weight excluding hydrogens is 498 g/mol. The zero-order chi connectivity index (χ0) is 27.5. The molecule has 3 aromatic carbocycles. The Kier molecular flexibility index (Phi) is 7.60. The van der Waals surface area contributed by atoms with E-state index in [2.05, 4.69) is 31.5 Å². The zero-order valence-corrected chi connectivity index (χ0v) is 22.2. The second-order valence-corrected chi connectivity index (χ2v) is 9.95. The van der Waals surface area contributed by atoms with Gasteiger partial charge in [-0.25, -0.2) is 13.5 Å². The Hall–Kier alpha value is -4.24. The highest BCUT2D eigenvalue weighted by atomic mass is 19.1. The molecule has 2 aromatic heterocycles. The van der Waals surface area contributed by atoms with Crippen LogP contribution in [0.4, 0.5) is 8.78 Å². The third kappa shape index (κ3) is 5.93. The molecule has 5 rings (SSSR count). The fraction of sp³-hybridized carbons (Fsp3) is 0.267. The number of aryl methyl sites for hydroxylation is 2. The number of tetrazole rings is 1. The normalized spacial score (nSPS) is 12.4. The molecule has 0 aliphatic rings. The second-order valence-electron chi connectivity index (χ2n) is 9.95. The summed E-state index contributed by atoms with van der Waals surface area (Å²) in [6.07, 6.45) is 0.661. The van der Waals surface area contributed by atoms with Gasteiger partial charge in [-0.1, -0.05) is 42.8 Å². The summed E-state index contributed by atoms with van der Waals surface area (Å²) in [6.45, 7) is 7.21. The number of halogens is 2. The molecule has 0 saturated heterocycles. The molecule has 200 valence electrons. The van der Waals surface area contributed by atoms with Crippen molar-refractivity contribution in [1.82, 2.24) is 30.1 Å². The van der Waals surface area contributed by atoms with Gasteiger partial charge >= 0.3 is 0 Å². The molecule has 0 radical (unpaired) electrons. The summed E-state index contributed by atoms with van der Waals surface area (Å²) in [6, 6.07) is 18.4. The molecule has 9 heteroatoms. The largest absolute Gasteiger partial charge is 0.321 e. The molecule has 0 bridgehead atoms. The van der Waals surface area contributed by atoms with Crippen molar-refractivity contribution in [2.75, 3.05) is 0 Å². The van der Waals surface area contributed by atoms with Crippen molar-refractivity contribution >= 4 is 10.9 Å². The highest BCUT2D eigenvalue weighted by Gasteiger charge is 2.26. The molecule has 0 unspecified atom stereocenters. The van der Waals surface area contributed by atoms with Crippen LogP contribution in [-0.4, -0.2) is 30.1 Å². The number of aromatic amines is 1. The van der Waals surface area contributed by atoms with Crippen LogP contribution >= 0.6 is 0 Å². The van der Waals surface area contributed by atoms with Crippen molar-refractivity contribution < 1.29 is 8.78 Å². The minimum atomic E-state index is -0.308. The van der Waals surface area contributed by atoms with Crippen molar-refractivity contribution in [3.63, 3.8) is 0 Å². The SMILES string of the molecule is CC[C@@H](c1nnnn1Cc1ccc(F)cc1)N(Cc1ccc(F)cc1)Cc1cc2cc(C)cc(C)c2[nH]c1=O. The van der Waals surface area contributed by atoms with E-state index in [1.54, 1.807) is 28.9 Å². The number of nitrogens with one attached hydrogen (secondary N) is 1. The highest BCUT2D eigenvalue weighted by Crippen LogP contribution is 2.27. The van der Waals surface area contributed by atoms with Gasteiger partial charge in [0.15, 0.2) is 5.82 Å². The van der Waals surface area contributed by atoms with Crippen LogP contribution in [0.3, 0.4) is 0 Å². The van der Waals surface area contributed by atoms with Gasteiger partial charge in [-0.2, -0.15) is 0 Å². The van der Waals surface area contributed by atoms with E-state index in [0.29, 0.717) is 37.4 Å². The number of aromatic nitrogens is 5. The van der Waals surface area contributed by atoms with Crippen LogP contribution in [-0.2, 0) is 19.6 Å². The van der Waals surface area contributed by atoms with Gasteiger partial charge in [0.05, 0.1) is 18.1 Å². The number of nitrogens with zero attached hydrogens (tertiary/aromatic N) is 5. The van der Waals surface area contributed by atoms with Crippen LogP contribution in [0.15, 0.2) is 71.5 Å². The van der Waals surface area contributed by atoms with Crippen molar-refractivity contribution in [3.8, 4) is 0 Å².